The quantitative estimate of drug-likeness (QED) is 0.405. The van der Waals surface area contributed by atoms with E-state index in [4.69, 9.17) is 9.84 Å². The number of quaternary nitrogens is 1. The van der Waals surface area contributed by atoms with Crippen molar-refractivity contribution in [3.05, 3.63) is 70.6 Å². The molecule has 1 aromatic carbocycles. The first-order valence-corrected chi connectivity index (χ1v) is 11.0. The normalized spacial score (nSPS) is 20.5. The molecular weight excluding hydrogens is 411 g/mol. The number of rotatable bonds is 9. The number of nitrogens with one attached hydrogen (secondary N) is 2. The van der Waals surface area contributed by atoms with E-state index >= 15 is 0 Å². The van der Waals surface area contributed by atoms with Crippen molar-refractivity contribution in [3.8, 4) is 0 Å². The van der Waals surface area contributed by atoms with Crippen molar-refractivity contribution >= 4 is 11.9 Å². The SMILES string of the molecule is CCC1=CC(OC2=NC(NC)=C(C(=O)NCCCO)[N+]2(C)Cc2ccc(F)cc2)=CCC1. The molecule has 3 rings (SSSR count). The van der Waals surface area contributed by atoms with E-state index in [1.807, 2.05) is 19.2 Å². The average Bonchev–Trinajstić information content (AvgIpc) is 3.06. The molecule has 3 N–H and O–H groups in total. The number of hydrogen-bond donors (Lipinski definition) is 3. The largest absolute Gasteiger partial charge is 0.412 e. The zero-order valence-corrected chi connectivity index (χ0v) is 18.9. The molecule has 1 amide bonds. The zero-order valence-electron chi connectivity index (χ0n) is 18.9. The van der Waals surface area contributed by atoms with Crippen LogP contribution in [-0.2, 0) is 16.1 Å². The molecule has 0 aromatic heterocycles. The van der Waals surface area contributed by atoms with Crippen molar-refractivity contribution in [1.82, 2.24) is 10.6 Å². The summed E-state index contributed by atoms with van der Waals surface area (Å²) in [5.74, 6) is 0.521. The van der Waals surface area contributed by atoms with E-state index in [9.17, 15) is 9.18 Å². The Balaban J connectivity index is 1.96. The van der Waals surface area contributed by atoms with Crippen LogP contribution in [0.15, 0.2) is 64.3 Å². The number of aliphatic imine (C=N–C) groups is 1. The van der Waals surface area contributed by atoms with Gasteiger partial charge in [-0.05, 0) is 50.0 Å². The van der Waals surface area contributed by atoms with Gasteiger partial charge in [-0.1, -0.05) is 24.6 Å². The first-order chi connectivity index (χ1) is 15.4. The Kier molecular flexibility index (Phi) is 7.82. The molecule has 2 aliphatic rings. The van der Waals surface area contributed by atoms with Gasteiger partial charge in [-0.15, -0.1) is 4.99 Å². The summed E-state index contributed by atoms with van der Waals surface area (Å²) < 4.78 is 19.7. The van der Waals surface area contributed by atoms with Crippen LogP contribution in [0.4, 0.5) is 4.39 Å². The van der Waals surface area contributed by atoms with Crippen LogP contribution in [0.1, 0.15) is 38.2 Å². The third-order valence-corrected chi connectivity index (χ3v) is 5.65. The standard InChI is InChI=1S/C24H31FN4O3/c1-4-17-7-5-8-20(15-17)32-24-28-22(26-2)21(23(31)27-13-6-14-30)29(24,3)16-18-9-11-19(25)12-10-18/h8-12,15,30H,4-7,13-14,16H2,1-3H3,(H-,26,27,31)/p+1. The third-order valence-electron chi connectivity index (χ3n) is 5.65. The minimum Gasteiger partial charge on any atom is -0.397 e. The highest BCUT2D eigenvalue weighted by Crippen LogP contribution is 2.32. The molecule has 0 bridgehead atoms. The Morgan fingerprint density at radius 1 is 1.31 bits per heavy atom. The maximum atomic E-state index is 13.5. The predicted molar refractivity (Wildman–Crippen MR) is 121 cm³/mol. The Bertz CT molecular complexity index is 966. The van der Waals surface area contributed by atoms with Gasteiger partial charge in [0.05, 0.1) is 7.05 Å². The van der Waals surface area contributed by atoms with Crippen LogP contribution < -0.4 is 10.6 Å². The number of aliphatic hydroxyl groups is 1. The van der Waals surface area contributed by atoms with Crippen molar-refractivity contribution in [2.24, 2.45) is 4.99 Å². The van der Waals surface area contributed by atoms with Gasteiger partial charge < -0.3 is 20.5 Å². The summed E-state index contributed by atoms with van der Waals surface area (Å²) in [5, 5.41) is 14.9. The molecule has 1 aliphatic heterocycles. The number of allylic oxidation sites excluding steroid dienone is 3. The molecule has 1 unspecified atom stereocenters. The van der Waals surface area contributed by atoms with E-state index in [-0.39, 0.29) is 22.8 Å². The van der Waals surface area contributed by atoms with E-state index in [0.29, 0.717) is 42.8 Å². The van der Waals surface area contributed by atoms with Gasteiger partial charge in [0, 0.05) is 25.8 Å². The Morgan fingerprint density at radius 2 is 2.06 bits per heavy atom. The van der Waals surface area contributed by atoms with Gasteiger partial charge in [-0.2, -0.15) is 4.48 Å². The highest BCUT2D eigenvalue weighted by Gasteiger charge is 2.48. The van der Waals surface area contributed by atoms with Gasteiger partial charge in [-0.25, -0.2) is 4.39 Å². The Hall–Kier alpha value is -2.97. The van der Waals surface area contributed by atoms with Crippen LogP contribution in [0.3, 0.4) is 0 Å². The molecule has 1 aromatic rings. The first kappa shape index (κ1) is 23.7. The van der Waals surface area contributed by atoms with Gasteiger partial charge >= 0.3 is 11.9 Å². The fourth-order valence-corrected chi connectivity index (χ4v) is 3.87. The zero-order chi connectivity index (χ0) is 23.1. The first-order valence-electron chi connectivity index (χ1n) is 11.0. The average molecular weight is 444 g/mol. The molecule has 0 fully saturated rings. The fraction of sp³-hybridized carbons (Fsp3) is 0.417. The van der Waals surface area contributed by atoms with Crippen molar-refractivity contribution in [2.45, 2.75) is 39.2 Å². The molecule has 1 atom stereocenters. The van der Waals surface area contributed by atoms with Crippen LogP contribution in [0.2, 0.25) is 0 Å². The lowest BCUT2D eigenvalue weighted by molar-refractivity contribution is -0.797. The molecule has 7 nitrogen and oxygen atoms in total. The number of amidine groups is 1. The fourth-order valence-electron chi connectivity index (χ4n) is 3.87. The number of benzene rings is 1. The maximum Gasteiger partial charge on any atom is 0.412 e. The molecule has 0 saturated heterocycles. The number of hydrogen-bond acceptors (Lipinski definition) is 5. The van der Waals surface area contributed by atoms with Gasteiger partial charge in [0.25, 0.3) is 0 Å². The Morgan fingerprint density at radius 3 is 2.72 bits per heavy atom. The van der Waals surface area contributed by atoms with Crippen molar-refractivity contribution < 1.29 is 23.5 Å². The van der Waals surface area contributed by atoms with E-state index in [0.717, 1.165) is 24.8 Å². The number of ether oxygens (including phenoxy) is 1. The molecule has 8 heteroatoms. The summed E-state index contributed by atoms with van der Waals surface area (Å²) in [4.78, 5) is 17.8. The number of halogens is 1. The second-order valence-corrected chi connectivity index (χ2v) is 8.05. The third kappa shape index (κ3) is 5.26. The van der Waals surface area contributed by atoms with Crippen molar-refractivity contribution in [1.29, 1.82) is 0 Å². The lowest BCUT2D eigenvalue weighted by Gasteiger charge is -2.31. The van der Waals surface area contributed by atoms with Crippen LogP contribution in [0, 0.1) is 5.82 Å². The summed E-state index contributed by atoms with van der Waals surface area (Å²) in [7, 11) is 3.57. The van der Waals surface area contributed by atoms with Crippen LogP contribution in [0.25, 0.3) is 0 Å². The second kappa shape index (κ2) is 10.6. The van der Waals surface area contributed by atoms with E-state index < -0.39 is 0 Å². The number of likely N-dealkylation sites (N-methyl/N-ethyl adjacent to an activating group) is 1. The monoisotopic (exact) mass is 443 g/mol. The molecule has 1 heterocycles. The van der Waals surface area contributed by atoms with Gasteiger partial charge in [0.15, 0.2) is 0 Å². The minimum atomic E-state index is -0.319. The number of nitrogens with zero attached hydrogens (tertiary/aromatic N) is 2. The maximum absolute atomic E-state index is 13.5. The molecule has 1 aliphatic carbocycles. The van der Waals surface area contributed by atoms with Crippen molar-refractivity contribution in [2.75, 3.05) is 27.2 Å². The van der Waals surface area contributed by atoms with Crippen LogP contribution in [0.5, 0.6) is 0 Å². The second-order valence-electron chi connectivity index (χ2n) is 8.05. The molecular formula is C24H32FN4O3+. The van der Waals surface area contributed by atoms with E-state index in [1.165, 1.54) is 17.7 Å². The smallest absolute Gasteiger partial charge is 0.397 e. The van der Waals surface area contributed by atoms with Crippen molar-refractivity contribution in [3.63, 3.8) is 0 Å². The molecule has 0 spiro atoms. The number of carbonyl (C=O) groups excluding carboxylic acids is 1. The predicted octanol–water partition coefficient (Wildman–Crippen LogP) is 3.06. The highest BCUT2D eigenvalue weighted by molar-refractivity contribution is 5.96. The van der Waals surface area contributed by atoms with E-state index in [1.54, 1.807) is 19.2 Å². The molecule has 32 heavy (non-hydrogen) atoms. The van der Waals surface area contributed by atoms with Crippen LogP contribution in [-0.4, -0.2) is 48.8 Å². The molecule has 0 saturated carbocycles. The van der Waals surface area contributed by atoms with Gasteiger partial charge in [0.1, 0.15) is 18.1 Å². The summed E-state index contributed by atoms with van der Waals surface area (Å²) >= 11 is 0. The lowest BCUT2D eigenvalue weighted by atomic mass is 10.0. The summed E-state index contributed by atoms with van der Waals surface area (Å²) in [6.07, 6.45) is 7.38. The summed E-state index contributed by atoms with van der Waals surface area (Å²) in [6, 6.07) is 6.57. The molecule has 172 valence electrons. The molecule has 0 radical (unpaired) electrons. The number of amides is 1. The van der Waals surface area contributed by atoms with Crippen LogP contribution >= 0.6 is 0 Å². The van der Waals surface area contributed by atoms with E-state index in [2.05, 4.69) is 22.5 Å². The topological polar surface area (TPSA) is 83.0 Å². The summed E-state index contributed by atoms with van der Waals surface area (Å²) in [6.45, 7) is 2.80. The van der Waals surface area contributed by atoms with Gasteiger partial charge in [-0.3, -0.25) is 4.79 Å². The lowest BCUT2D eigenvalue weighted by Crippen LogP contribution is -2.51. The number of carbonyl (C=O) groups is 1. The summed E-state index contributed by atoms with van der Waals surface area (Å²) in [5.41, 5.74) is 2.55. The Labute approximate surface area is 188 Å². The van der Waals surface area contributed by atoms with Gasteiger partial charge in [0.2, 0.25) is 11.5 Å². The number of aliphatic hydroxyl groups excluding tert-OH is 1. The minimum absolute atomic E-state index is 0.00890. The highest BCUT2D eigenvalue weighted by atomic mass is 19.1.